The quantitative estimate of drug-likeness (QED) is 0.915. The third kappa shape index (κ3) is 3.76. The summed E-state index contributed by atoms with van der Waals surface area (Å²) in [7, 11) is 0. The zero-order valence-electron chi connectivity index (χ0n) is 12.2. The van der Waals surface area contributed by atoms with Gasteiger partial charge in [-0.1, -0.05) is 13.8 Å². The summed E-state index contributed by atoms with van der Waals surface area (Å²) >= 11 is 0. The Morgan fingerprint density at radius 2 is 2.25 bits per heavy atom. The molecule has 1 unspecified atom stereocenters. The van der Waals surface area contributed by atoms with E-state index in [1.807, 2.05) is 0 Å². The third-order valence-corrected chi connectivity index (χ3v) is 4.21. The maximum absolute atomic E-state index is 11.2. The molecule has 5 heteroatoms. The van der Waals surface area contributed by atoms with Gasteiger partial charge in [0, 0.05) is 12.7 Å². The second kappa shape index (κ2) is 6.79. The Morgan fingerprint density at radius 1 is 1.45 bits per heavy atom. The van der Waals surface area contributed by atoms with Gasteiger partial charge >= 0.3 is 5.97 Å². The van der Waals surface area contributed by atoms with Crippen LogP contribution in [0, 0.1) is 11.8 Å². The molecule has 2 rings (SSSR count). The van der Waals surface area contributed by atoms with E-state index in [4.69, 9.17) is 5.11 Å². The van der Waals surface area contributed by atoms with E-state index in [-0.39, 0.29) is 5.56 Å². The molecule has 1 atom stereocenters. The van der Waals surface area contributed by atoms with Crippen molar-refractivity contribution < 1.29 is 9.90 Å². The van der Waals surface area contributed by atoms with Crippen LogP contribution in [0.3, 0.4) is 0 Å². The van der Waals surface area contributed by atoms with Crippen LogP contribution in [0.4, 0.5) is 0 Å². The summed E-state index contributed by atoms with van der Waals surface area (Å²) in [6.07, 6.45) is 6.45. The first-order valence-corrected chi connectivity index (χ1v) is 7.32. The van der Waals surface area contributed by atoms with Crippen molar-refractivity contribution in [3.05, 3.63) is 23.8 Å². The van der Waals surface area contributed by atoms with Crippen molar-refractivity contribution in [2.24, 2.45) is 11.8 Å². The summed E-state index contributed by atoms with van der Waals surface area (Å²) in [6, 6.07) is 0. The van der Waals surface area contributed by atoms with E-state index >= 15 is 0 Å². The molecule has 2 heterocycles. The molecule has 0 radical (unpaired) electrons. The minimum Gasteiger partial charge on any atom is -0.478 e. The first kappa shape index (κ1) is 14.9. The van der Waals surface area contributed by atoms with Gasteiger partial charge in [-0.3, -0.25) is 4.90 Å². The van der Waals surface area contributed by atoms with Crippen molar-refractivity contribution in [3.8, 4) is 0 Å². The molecule has 0 saturated carbocycles. The predicted molar refractivity (Wildman–Crippen MR) is 76.4 cm³/mol. The van der Waals surface area contributed by atoms with Gasteiger partial charge < -0.3 is 5.11 Å². The fourth-order valence-corrected chi connectivity index (χ4v) is 2.88. The number of likely N-dealkylation sites (tertiary alicyclic amines) is 1. The van der Waals surface area contributed by atoms with Crippen LogP contribution in [0.1, 0.15) is 49.2 Å². The summed E-state index contributed by atoms with van der Waals surface area (Å²) in [6.45, 7) is 7.22. The van der Waals surface area contributed by atoms with Crippen LogP contribution >= 0.6 is 0 Å². The Hall–Kier alpha value is -1.49. The minimum absolute atomic E-state index is 0.220. The smallest absolute Gasteiger partial charge is 0.339 e. The second-order valence-electron chi connectivity index (χ2n) is 5.90. The van der Waals surface area contributed by atoms with Crippen LogP contribution in [0.5, 0.6) is 0 Å². The van der Waals surface area contributed by atoms with E-state index in [0.29, 0.717) is 12.2 Å². The molecule has 1 aromatic rings. The Bertz CT molecular complexity index is 462. The van der Waals surface area contributed by atoms with Gasteiger partial charge in [-0.15, -0.1) is 0 Å². The molecule has 1 aliphatic rings. The standard InChI is InChI=1S/C15H23N3O2/c1-11(2)12-4-3-6-18(7-5-12)9-14-13(15(19)20)8-16-10-17-14/h8,10-12H,3-7,9H2,1-2H3,(H,19,20). The molecule has 1 N–H and O–H groups in total. The maximum Gasteiger partial charge on any atom is 0.339 e. The molecule has 5 nitrogen and oxygen atoms in total. The molecular formula is C15H23N3O2. The van der Waals surface area contributed by atoms with Crippen LogP contribution in [0.25, 0.3) is 0 Å². The van der Waals surface area contributed by atoms with E-state index in [1.54, 1.807) is 0 Å². The number of aromatic carboxylic acids is 1. The van der Waals surface area contributed by atoms with Crippen molar-refractivity contribution in [2.75, 3.05) is 13.1 Å². The lowest BCUT2D eigenvalue weighted by molar-refractivity contribution is 0.0693. The SMILES string of the molecule is CC(C)C1CCCN(Cc2ncncc2C(=O)O)CC1. The molecule has 1 saturated heterocycles. The first-order valence-electron chi connectivity index (χ1n) is 7.32. The Kier molecular flexibility index (Phi) is 5.06. The lowest BCUT2D eigenvalue weighted by Crippen LogP contribution is -2.26. The van der Waals surface area contributed by atoms with Gasteiger partial charge in [0.2, 0.25) is 0 Å². The summed E-state index contributed by atoms with van der Waals surface area (Å²) in [5, 5.41) is 9.17. The topological polar surface area (TPSA) is 66.3 Å². The highest BCUT2D eigenvalue weighted by Gasteiger charge is 2.21. The van der Waals surface area contributed by atoms with E-state index in [0.717, 1.165) is 24.9 Å². The van der Waals surface area contributed by atoms with Crippen LogP contribution < -0.4 is 0 Å². The largest absolute Gasteiger partial charge is 0.478 e. The fourth-order valence-electron chi connectivity index (χ4n) is 2.88. The lowest BCUT2D eigenvalue weighted by Gasteiger charge is -2.21. The molecule has 1 aromatic heterocycles. The number of hydrogen-bond acceptors (Lipinski definition) is 4. The molecule has 0 aromatic carbocycles. The van der Waals surface area contributed by atoms with Crippen LogP contribution in [-0.2, 0) is 6.54 Å². The number of hydrogen-bond donors (Lipinski definition) is 1. The number of carboxylic acids is 1. The molecule has 20 heavy (non-hydrogen) atoms. The molecule has 1 fully saturated rings. The Labute approximate surface area is 120 Å². The minimum atomic E-state index is -0.949. The summed E-state index contributed by atoms with van der Waals surface area (Å²) < 4.78 is 0. The van der Waals surface area contributed by atoms with Crippen molar-refractivity contribution in [3.63, 3.8) is 0 Å². The molecular weight excluding hydrogens is 254 g/mol. The van der Waals surface area contributed by atoms with E-state index in [1.165, 1.54) is 31.8 Å². The van der Waals surface area contributed by atoms with Crippen molar-refractivity contribution >= 4 is 5.97 Å². The van der Waals surface area contributed by atoms with Crippen molar-refractivity contribution in [2.45, 2.75) is 39.7 Å². The zero-order chi connectivity index (χ0) is 14.5. The van der Waals surface area contributed by atoms with Crippen molar-refractivity contribution in [1.82, 2.24) is 14.9 Å². The lowest BCUT2D eigenvalue weighted by atomic mass is 9.89. The number of aromatic nitrogens is 2. The Balaban J connectivity index is 2.02. The monoisotopic (exact) mass is 277 g/mol. The molecule has 1 aliphatic heterocycles. The fraction of sp³-hybridized carbons (Fsp3) is 0.667. The third-order valence-electron chi connectivity index (χ3n) is 4.21. The molecule has 0 amide bonds. The van der Waals surface area contributed by atoms with Crippen LogP contribution in [0.15, 0.2) is 12.5 Å². The highest BCUT2D eigenvalue weighted by Crippen LogP contribution is 2.25. The maximum atomic E-state index is 11.2. The summed E-state index contributed by atoms with van der Waals surface area (Å²) in [4.78, 5) is 21.4. The van der Waals surface area contributed by atoms with E-state index < -0.39 is 5.97 Å². The molecule has 110 valence electrons. The second-order valence-corrected chi connectivity index (χ2v) is 5.90. The number of carboxylic acid groups (broad SMARTS) is 1. The molecule has 0 bridgehead atoms. The number of nitrogens with zero attached hydrogens (tertiary/aromatic N) is 3. The van der Waals surface area contributed by atoms with Crippen LogP contribution in [-0.4, -0.2) is 39.0 Å². The van der Waals surface area contributed by atoms with Gasteiger partial charge in [-0.05, 0) is 44.2 Å². The molecule has 0 spiro atoms. The van der Waals surface area contributed by atoms with E-state index in [9.17, 15) is 4.79 Å². The van der Waals surface area contributed by atoms with Crippen LogP contribution in [0.2, 0.25) is 0 Å². The summed E-state index contributed by atoms with van der Waals surface area (Å²) in [5.41, 5.74) is 0.840. The number of rotatable bonds is 4. The Morgan fingerprint density at radius 3 is 2.95 bits per heavy atom. The highest BCUT2D eigenvalue weighted by atomic mass is 16.4. The normalized spacial score (nSPS) is 20.9. The van der Waals surface area contributed by atoms with Gasteiger partial charge in [0.15, 0.2) is 0 Å². The van der Waals surface area contributed by atoms with Crippen molar-refractivity contribution in [1.29, 1.82) is 0 Å². The van der Waals surface area contributed by atoms with Gasteiger partial charge in [-0.25, -0.2) is 14.8 Å². The van der Waals surface area contributed by atoms with Gasteiger partial charge in [-0.2, -0.15) is 0 Å². The zero-order valence-corrected chi connectivity index (χ0v) is 12.2. The first-order chi connectivity index (χ1) is 9.58. The predicted octanol–water partition coefficient (Wildman–Crippen LogP) is 2.43. The van der Waals surface area contributed by atoms with Gasteiger partial charge in [0.1, 0.15) is 11.9 Å². The van der Waals surface area contributed by atoms with E-state index in [2.05, 4.69) is 28.7 Å². The average Bonchev–Trinajstić information content (AvgIpc) is 2.65. The average molecular weight is 277 g/mol. The van der Waals surface area contributed by atoms with Gasteiger partial charge in [0.25, 0.3) is 0 Å². The van der Waals surface area contributed by atoms with Gasteiger partial charge in [0.05, 0.1) is 5.69 Å². The summed E-state index contributed by atoms with van der Waals surface area (Å²) in [5.74, 6) is 0.559. The molecule has 0 aliphatic carbocycles. The number of carbonyl (C=O) groups is 1. The highest BCUT2D eigenvalue weighted by molar-refractivity contribution is 5.88.